The van der Waals surface area contributed by atoms with Gasteiger partial charge in [-0.1, -0.05) is 39.7 Å². The molecule has 12 heteroatoms. The molecular formula is C23H17Br2N5O4S. The summed E-state index contributed by atoms with van der Waals surface area (Å²) < 4.78 is 7.10. The number of ether oxygens (including phenoxy) is 1. The molecule has 3 aromatic rings. The second-order valence-electron chi connectivity index (χ2n) is 7.45. The number of anilines is 1. The van der Waals surface area contributed by atoms with Crippen molar-refractivity contribution in [3.05, 3.63) is 63.2 Å². The first-order chi connectivity index (χ1) is 16.8. The van der Waals surface area contributed by atoms with Crippen LogP contribution in [-0.4, -0.2) is 40.6 Å². The number of hydrazone groups is 1. The summed E-state index contributed by atoms with van der Waals surface area (Å²) in [5.41, 5.74) is 4.37. The molecule has 2 heterocycles. The van der Waals surface area contributed by atoms with Crippen molar-refractivity contribution in [3.63, 3.8) is 0 Å². The third kappa shape index (κ3) is 5.39. The molecule has 0 bridgehead atoms. The van der Waals surface area contributed by atoms with Crippen LogP contribution in [0.2, 0.25) is 0 Å². The van der Waals surface area contributed by atoms with Gasteiger partial charge in [0.05, 0.1) is 10.2 Å². The van der Waals surface area contributed by atoms with Gasteiger partial charge in [-0.2, -0.15) is 5.10 Å². The molecule has 0 aliphatic carbocycles. The van der Waals surface area contributed by atoms with Crippen LogP contribution in [0.5, 0.6) is 5.75 Å². The van der Waals surface area contributed by atoms with Gasteiger partial charge < -0.3 is 10.1 Å². The maximum absolute atomic E-state index is 12.9. The fourth-order valence-electron chi connectivity index (χ4n) is 3.30. The van der Waals surface area contributed by atoms with Crippen LogP contribution >= 0.6 is 44.1 Å². The molecule has 178 valence electrons. The minimum atomic E-state index is -1.27. The van der Waals surface area contributed by atoms with E-state index in [9.17, 15) is 14.4 Å². The zero-order valence-electron chi connectivity index (χ0n) is 18.1. The Kier molecular flexibility index (Phi) is 7.53. The maximum Gasteiger partial charge on any atom is 0.277 e. The van der Waals surface area contributed by atoms with Crippen LogP contribution in [0.25, 0.3) is 10.9 Å². The number of rotatable bonds is 6. The highest BCUT2D eigenvalue weighted by Gasteiger charge is 2.38. The fraction of sp³-hybridized carbons (Fsp3) is 0.130. The van der Waals surface area contributed by atoms with E-state index >= 15 is 0 Å². The Morgan fingerprint density at radius 3 is 2.74 bits per heavy atom. The smallest absolute Gasteiger partial charge is 0.277 e. The van der Waals surface area contributed by atoms with E-state index in [1.54, 1.807) is 30.5 Å². The quantitative estimate of drug-likeness (QED) is 0.189. The molecule has 4 rings (SSSR count). The first-order valence-electron chi connectivity index (χ1n) is 10.2. The summed E-state index contributed by atoms with van der Waals surface area (Å²) in [5.74, 6) is -2.66. The van der Waals surface area contributed by atoms with Crippen molar-refractivity contribution in [2.24, 2.45) is 11.0 Å². The van der Waals surface area contributed by atoms with E-state index < -0.39 is 23.6 Å². The van der Waals surface area contributed by atoms with Crippen molar-refractivity contribution in [2.75, 3.05) is 11.5 Å². The van der Waals surface area contributed by atoms with Crippen molar-refractivity contribution in [3.8, 4) is 5.75 Å². The number of hydrogen-bond acceptors (Lipinski definition) is 7. The molecule has 1 aromatic heterocycles. The summed E-state index contributed by atoms with van der Waals surface area (Å²) in [6, 6.07) is 12.6. The Morgan fingerprint density at radius 1 is 1.26 bits per heavy atom. The lowest BCUT2D eigenvalue weighted by Gasteiger charge is -2.30. The molecule has 1 saturated heterocycles. The summed E-state index contributed by atoms with van der Waals surface area (Å²) in [6.07, 6.45) is 2.68. The highest BCUT2D eigenvalue weighted by atomic mass is 79.9. The number of nitrogens with one attached hydrogen (secondary N) is 2. The number of nitrogens with zero attached hydrogens (tertiary/aromatic N) is 3. The second-order valence-corrected chi connectivity index (χ2v) is 9.55. The number of thiocarbonyl (C=S) groups is 1. The minimum absolute atomic E-state index is 0.0214. The van der Waals surface area contributed by atoms with Gasteiger partial charge in [-0.25, -0.2) is 5.43 Å². The van der Waals surface area contributed by atoms with Gasteiger partial charge in [0.1, 0.15) is 5.52 Å². The molecule has 2 N–H and O–H groups in total. The number of halogens is 2. The van der Waals surface area contributed by atoms with Gasteiger partial charge in [0, 0.05) is 22.3 Å². The number of carbonyl (C=O) groups excluding carboxylic acids is 3. The van der Waals surface area contributed by atoms with Crippen molar-refractivity contribution >= 4 is 89.7 Å². The molecule has 35 heavy (non-hydrogen) atoms. The zero-order valence-corrected chi connectivity index (χ0v) is 22.1. The summed E-state index contributed by atoms with van der Waals surface area (Å²) in [6.45, 7) is 1.55. The summed E-state index contributed by atoms with van der Waals surface area (Å²) in [4.78, 5) is 43.1. The van der Waals surface area contributed by atoms with Crippen molar-refractivity contribution in [1.29, 1.82) is 0 Å². The first kappa shape index (κ1) is 24.9. The topological polar surface area (TPSA) is 113 Å². The Bertz CT molecular complexity index is 1380. The van der Waals surface area contributed by atoms with E-state index in [1.807, 2.05) is 25.1 Å². The normalized spacial score (nSPS) is 16.0. The predicted octanol–water partition coefficient (Wildman–Crippen LogP) is 3.61. The van der Waals surface area contributed by atoms with E-state index in [2.05, 4.69) is 52.7 Å². The van der Waals surface area contributed by atoms with Crippen molar-refractivity contribution < 1.29 is 19.1 Å². The molecule has 1 fully saturated rings. The molecule has 0 unspecified atom stereocenters. The molecule has 1 atom stereocenters. The number of aromatic nitrogens is 1. The SMILES string of the molecule is Cc1ccc(N2C(=O)[C@H](/C=N\NC(=O)COc3c(Br)cc(Br)c4cccnc34)C(=O)NC2=S)cc1. The van der Waals surface area contributed by atoms with Crippen molar-refractivity contribution in [2.45, 2.75) is 6.92 Å². The van der Waals surface area contributed by atoms with Gasteiger partial charge in [-0.05, 0) is 59.3 Å². The molecule has 9 nitrogen and oxygen atoms in total. The third-order valence-corrected chi connectivity index (χ3v) is 6.53. The van der Waals surface area contributed by atoms with Crippen LogP contribution in [0.3, 0.4) is 0 Å². The number of aryl methyl sites for hydroxylation is 1. The van der Waals surface area contributed by atoms with Gasteiger partial charge in [0.15, 0.2) is 23.4 Å². The second kappa shape index (κ2) is 10.6. The van der Waals surface area contributed by atoms with Crippen LogP contribution in [-0.2, 0) is 14.4 Å². The van der Waals surface area contributed by atoms with E-state index in [0.29, 0.717) is 21.4 Å². The number of carbonyl (C=O) groups is 3. The molecule has 2 aromatic carbocycles. The number of amides is 3. The average molecular weight is 619 g/mol. The molecule has 1 aliphatic rings. The Morgan fingerprint density at radius 2 is 2.00 bits per heavy atom. The van der Waals surface area contributed by atoms with E-state index in [4.69, 9.17) is 17.0 Å². The fourth-order valence-corrected chi connectivity index (χ4v) is 4.98. The standard InChI is InChI=1S/C23H17Br2N5O4S/c1-12-4-6-13(7-5-12)30-22(33)15(21(32)28-23(30)35)10-27-29-18(31)11-34-20-17(25)9-16(24)14-3-2-8-26-19(14)20/h2-10,15H,11H2,1H3,(H,29,31)(H,28,32,35)/b27-10-/t15-/m1/s1. The number of benzene rings is 2. The highest BCUT2D eigenvalue weighted by molar-refractivity contribution is 9.11. The Hall–Kier alpha value is -3.22. The largest absolute Gasteiger partial charge is 0.480 e. The molecular weight excluding hydrogens is 602 g/mol. The molecule has 1 aliphatic heterocycles. The van der Waals surface area contributed by atoms with Crippen LogP contribution in [0, 0.1) is 12.8 Å². The number of hydrogen-bond donors (Lipinski definition) is 2. The Balaban J connectivity index is 1.41. The molecule has 3 amide bonds. The minimum Gasteiger partial charge on any atom is -0.480 e. The number of pyridine rings is 1. The summed E-state index contributed by atoms with van der Waals surface area (Å²) >= 11 is 12.1. The monoisotopic (exact) mass is 617 g/mol. The Labute approximate surface area is 222 Å². The predicted molar refractivity (Wildman–Crippen MR) is 142 cm³/mol. The van der Waals surface area contributed by atoms with Gasteiger partial charge in [0.25, 0.3) is 11.8 Å². The number of fused-ring (bicyclic) bond motifs is 1. The zero-order chi connectivity index (χ0) is 25.1. The maximum atomic E-state index is 12.9. The van der Waals surface area contributed by atoms with E-state index in [-0.39, 0.29) is 11.7 Å². The summed E-state index contributed by atoms with van der Waals surface area (Å²) in [7, 11) is 0. The van der Waals surface area contributed by atoms with Gasteiger partial charge in [-0.3, -0.25) is 24.3 Å². The van der Waals surface area contributed by atoms with E-state index in [1.165, 1.54) is 4.90 Å². The van der Waals surface area contributed by atoms with Gasteiger partial charge in [-0.15, -0.1) is 0 Å². The van der Waals surface area contributed by atoms with Crippen LogP contribution < -0.4 is 20.4 Å². The molecule has 0 radical (unpaired) electrons. The average Bonchev–Trinajstić information content (AvgIpc) is 2.82. The molecule has 0 saturated carbocycles. The highest BCUT2D eigenvalue weighted by Crippen LogP contribution is 2.37. The van der Waals surface area contributed by atoms with Gasteiger partial charge in [0.2, 0.25) is 5.91 Å². The lowest BCUT2D eigenvalue weighted by atomic mass is 10.1. The lowest BCUT2D eigenvalue weighted by Crippen LogP contribution is -2.58. The third-order valence-electron chi connectivity index (χ3n) is 5.01. The van der Waals surface area contributed by atoms with E-state index in [0.717, 1.165) is 21.6 Å². The van der Waals surface area contributed by atoms with Crippen LogP contribution in [0.1, 0.15) is 5.56 Å². The first-order valence-corrected chi connectivity index (χ1v) is 12.2. The van der Waals surface area contributed by atoms with Gasteiger partial charge >= 0.3 is 0 Å². The molecule has 0 spiro atoms. The summed E-state index contributed by atoms with van der Waals surface area (Å²) in [5, 5.41) is 7.07. The lowest BCUT2D eigenvalue weighted by molar-refractivity contribution is -0.130. The van der Waals surface area contributed by atoms with Crippen LogP contribution in [0.4, 0.5) is 5.69 Å². The van der Waals surface area contributed by atoms with Crippen molar-refractivity contribution in [1.82, 2.24) is 15.7 Å². The van der Waals surface area contributed by atoms with Crippen LogP contribution in [0.15, 0.2) is 62.7 Å².